The van der Waals surface area contributed by atoms with Crippen molar-refractivity contribution >= 4 is 46.6 Å². The van der Waals surface area contributed by atoms with E-state index in [4.69, 9.17) is 13.9 Å². The molecule has 0 aliphatic rings. The van der Waals surface area contributed by atoms with Crippen LogP contribution in [0.5, 0.6) is 0 Å². The van der Waals surface area contributed by atoms with Gasteiger partial charge in [0.1, 0.15) is 39.3 Å². The fraction of sp³-hybridized carbons (Fsp3) is 0.552. The lowest BCUT2D eigenvalue weighted by Crippen LogP contribution is -2.34. The van der Waals surface area contributed by atoms with Crippen LogP contribution >= 0.6 is 22.7 Å². The minimum absolute atomic E-state index is 0.00451. The van der Waals surface area contributed by atoms with Crippen LogP contribution in [-0.4, -0.2) is 51.5 Å². The predicted molar refractivity (Wildman–Crippen MR) is 164 cm³/mol. The molecule has 0 fully saturated rings. The summed E-state index contributed by atoms with van der Waals surface area (Å²) in [6, 6.07) is -1.08. The lowest BCUT2D eigenvalue weighted by molar-refractivity contribution is 0.0522. The van der Waals surface area contributed by atoms with Gasteiger partial charge in [0.05, 0.1) is 19.7 Å². The van der Waals surface area contributed by atoms with Crippen LogP contribution in [0, 0.1) is 11.8 Å². The maximum Gasteiger partial charge on any atom is 0.408 e. The summed E-state index contributed by atoms with van der Waals surface area (Å²) in [4.78, 5) is 63.4. The van der Waals surface area contributed by atoms with Crippen molar-refractivity contribution in [2.75, 3.05) is 7.11 Å². The highest BCUT2D eigenvalue weighted by molar-refractivity contribution is 7.10. The molecule has 3 heterocycles. The van der Waals surface area contributed by atoms with Crippen molar-refractivity contribution in [2.45, 2.75) is 85.5 Å². The molecule has 13 nitrogen and oxygen atoms in total. The molecule has 240 valence electrons. The maximum absolute atomic E-state index is 13.3. The van der Waals surface area contributed by atoms with Crippen LogP contribution in [0.1, 0.15) is 121 Å². The molecule has 0 aliphatic carbocycles. The first-order valence-electron chi connectivity index (χ1n) is 14.3. The number of methoxy groups -OCH3 is 1. The van der Waals surface area contributed by atoms with E-state index in [1.165, 1.54) is 36.0 Å². The Bertz CT molecular complexity index is 1440. The molecular formula is C29H40N6O7S2. The van der Waals surface area contributed by atoms with Gasteiger partial charge in [0.2, 0.25) is 5.89 Å². The Kier molecular flexibility index (Phi) is 12.0. The smallest absolute Gasteiger partial charge is 0.408 e. The van der Waals surface area contributed by atoms with Gasteiger partial charge in [-0.1, -0.05) is 40.5 Å². The van der Waals surface area contributed by atoms with Gasteiger partial charge < -0.3 is 29.8 Å². The second-order valence-electron chi connectivity index (χ2n) is 11.3. The molecule has 3 aromatic heterocycles. The molecule has 0 saturated carbocycles. The van der Waals surface area contributed by atoms with Gasteiger partial charge in [-0.2, -0.15) is 0 Å². The molecule has 3 rings (SSSR count). The number of oxazole rings is 1. The number of carbonyl (C=O) groups is 4. The molecule has 0 spiro atoms. The second kappa shape index (κ2) is 15.2. The third-order valence-corrected chi connectivity index (χ3v) is 8.55. The summed E-state index contributed by atoms with van der Waals surface area (Å²) in [7, 11) is 1.25. The van der Waals surface area contributed by atoms with Crippen molar-refractivity contribution in [1.82, 2.24) is 30.9 Å². The van der Waals surface area contributed by atoms with Gasteiger partial charge in [-0.3, -0.25) is 9.59 Å². The number of thiazole rings is 2. The molecule has 3 aromatic rings. The summed E-state index contributed by atoms with van der Waals surface area (Å²) >= 11 is 2.52. The number of nitrogens with one attached hydrogen (secondary N) is 3. The Hall–Kier alpha value is -3.85. The van der Waals surface area contributed by atoms with E-state index in [0.717, 1.165) is 6.42 Å². The van der Waals surface area contributed by atoms with Gasteiger partial charge >= 0.3 is 12.1 Å². The van der Waals surface area contributed by atoms with Crippen LogP contribution in [-0.2, 0) is 16.0 Å². The topological polar surface area (TPSA) is 175 Å². The van der Waals surface area contributed by atoms with Crippen LogP contribution in [0.3, 0.4) is 0 Å². The van der Waals surface area contributed by atoms with Crippen molar-refractivity contribution in [3.05, 3.63) is 50.0 Å². The van der Waals surface area contributed by atoms with E-state index in [1.807, 2.05) is 27.7 Å². The zero-order valence-corrected chi connectivity index (χ0v) is 27.8. The Morgan fingerprint density at radius 1 is 0.886 bits per heavy atom. The van der Waals surface area contributed by atoms with E-state index in [0.29, 0.717) is 16.4 Å². The number of aromatic nitrogens is 3. The molecule has 3 N–H and O–H groups in total. The van der Waals surface area contributed by atoms with E-state index in [9.17, 15) is 19.2 Å². The standard InChI is InChI=1S/C29H40N6O7S2/c1-9-15(3)21(25-32-17(12-41-25)27(38)40-8)34-24(37)19-14-44-26(33-19)22(16(4)10-2)35-23(36)18-13-43-20(31-18)11-30-28(39)42-29(5,6)7/h12-16,21-22H,9-11H2,1-8H3,(H,30,39)(H,34,37)(H,35,36)/t15-,16-,21-,22-/m0/s1. The van der Waals surface area contributed by atoms with Crippen molar-refractivity contribution in [3.63, 3.8) is 0 Å². The summed E-state index contributed by atoms with van der Waals surface area (Å²) in [6.07, 6.45) is 2.09. The Labute approximate surface area is 264 Å². The molecule has 0 radical (unpaired) electrons. The van der Waals surface area contributed by atoms with Crippen LogP contribution < -0.4 is 16.0 Å². The number of amides is 3. The summed E-state index contributed by atoms with van der Waals surface area (Å²) in [5, 5.41) is 13.0. The van der Waals surface area contributed by atoms with E-state index in [2.05, 4.69) is 30.9 Å². The fourth-order valence-corrected chi connectivity index (χ4v) is 5.61. The predicted octanol–water partition coefficient (Wildman–Crippen LogP) is 5.43. The molecule has 0 unspecified atom stereocenters. The Balaban J connectivity index is 1.71. The second-order valence-corrected chi connectivity index (χ2v) is 13.1. The minimum Gasteiger partial charge on any atom is -0.464 e. The lowest BCUT2D eigenvalue weighted by atomic mass is 9.99. The van der Waals surface area contributed by atoms with Gasteiger partial charge in [0.25, 0.3) is 11.8 Å². The van der Waals surface area contributed by atoms with Crippen molar-refractivity contribution < 1.29 is 33.1 Å². The monoisotopic (exact) mass is 648 g/mol. The van der Waals surface area contributed by atoms with Gasteiger partial charge in [0, 0.05) is 10.8 Å². The highest BCUT2D eigenvalue weighted by atomic mass is 32.1. The van der Waals surface area contributed by atoms with Gasteiger partial charge in [0.15, 0.2) is 5.69 Å². The molecule has 15 heteroatoms. The van der Waals surface area contributed by atoms with E-state index >= 15 is 0 Å². The van der Waals surface area contributed by atoms with Crippen molar-refractivity contribution in [1.29, 1.82) is 0 Å². The number of nitrogens with zero attached hydrogens (tertiary/aromatic N) is 3. The van der Waals surface area contributed by atoms with Crippen molar-refractivity contribution in [2.24, 2.45) is 11.8 Å². The SMILES string of the molecule is CC[C@H](C)[C@H](NC(=O)c1csc([C@@H](NC(=O)c2csc(CNC(=O)OC(C)(C)C)n2)[C@@H](C)CC)n1)c1nc(C(=O)OC)co1. The average molecular weight is 649 g/mol. The number of alkyl carbamates (subject to hydrolysis) is 1. The third-order valence-electron chi connectivity index (χ3n) is 6.77. The molecule has 0 aliphatic heterocycles. The third kappa shape index (κ3) is 9.32. The highest BCUT2D eigenvalue weighted by Crippen LogP contribution is 2.29. The lowest BCUT2D eigenvalue weighted by Gasteiger charge is -2.22. The molecule has 0 aromatic carbocycles. The van der Waals surface area contributed by atoms with Gasteiger partial charge in [-0.05, 0) is 32.6 Å². The van der Waals surface area contributed by atoms with Crippen LogP contribution in [0.4, 0.5) is 4.79 Å². The fourth-order valence-electron chi connectivity index (χ4n) is 3.92. The molecule has 4 atom stereocenters. The zero-order chi connectivity index (χ0) is 32.6. The molecule has 0 bridgehead atoms. The molecule has 3 amide bonds. The number of hydrogen-bond acceptors (Lipinski definition) is 12. The quantitative estimate of drug-likeness (QED) is 0.203. The highest BCUT2D eigenvalue weighted by Gasteiger charge is 2.30. The average Bonchev–Trinajstić information content (AvgIpc) is 3.76. The molecule has 44 heavy (non-hydrogen) atoms. The minimum atomic E-state index is -0.636. The molecule has 0 saturated heterocycles. The van der Waals surface area contributed by atoms with E-state index in [-0.39, 0.29) is 41.4 Å². The number of rotatable bonds is 13. The Morgan fingerprint density at radius 3 is 2.09 bits per heavy atom. The van der Waals surface area contributed by atoms with Gasteiger partial charge in [-0.15, -0.1) is 22.7 Å². The normalized spacial score (nSPS) is 14.2. The molecular weight excluding hydrogens is 608 g/mol. The van der Waals surface area contributed by atoms with Crippen LogP contribution in [0.2, 0.25) is 0 Å². The zero-order valence-electron chi connectivity index (χ0n) is 26.2. The number of esters is 1. The van der Waals surface area contributed by atoms with E-state index in [1.54, 1.807) is 31.5 Å². The largest absolute Gasteiger partial charge is 0.464 e. The van der Waals surface area contributed by atoms with Gasteiger partial charge in [-0.25, -0.2) is 24.5 Å². The summed E-state index contributed by atoms with van der Waals surface area (Å²) < 4.78 is 15.4. The maximum atomic E-state index is 13.3. The first-order chi connectivity index (χ1) is 20.8. The number of ether oxygens (including phenoxy) is 2. The van der Waals surface area contributed by atoms with Crippen LogP contribution in [0.15, 0.2) is 21.4 Å². The van der Waals surface area contributed by atoms with Crippen molar-refractivity contribution in [3.8, 4) is 0 Å². The number of hydrogen-bond donors (Lipinski definition) is 3. The first-order valence-corrected chi connectivity index (χ1v) is 16.0. The number of carbonyl (C=O) groups excluding carboxylic acids is 4. The summed E-state index contributed by atoms with van der Waals surface area (Å²) in [6.45, 7) is 13.3. The van der Waals surface area contributed by atoms with E-state index < -0.39 is 41.6 Å². The first kappa shape index (κ1) is 34.6. The summed E-state index contributed by atoms with van der Waals surface area (Å²) in [5.41, 5.74) is -0.210. The van der Waals surface area contributed by atoms with Crippen LogP contribution in [0.25, 0.3) is 0 Å². The Morgan fingerprint density at radius 2 is 1.48 bits per heavy atom. The summed E-state index contributed by atoms with van der Waals surface area (Å²) in [5.74, 6) is -1.33.